The summed E-state index contributed by atoms with van der Waals surface area (Å²) >= 11 is 1.20. The van der Waals surface area contributed by atoms with Gasteiger partial charge < -0.3 is 5.32 Å². The molecule has 0 bridgehead atoms. The van der Waals surface area contributed by atoms with Crippen molar-refractivity contribution in [2.45, 2.75) is 26.3 Å². The van der Waals surface area contributed by atoms with E-state index in [0.29, 0.717) is 0 Å². The molecule has 0 radical (unpaired) electrons. The molecule has 0 aromatic heterocycles. The normalized spacial score (nSPS) is 19.5. The third kappa shape index (κ3) is 3.92. The van der Waals surface area contributed by atoms with Crippen LogP contribution in [-0.2, 0) is 0 Å². The quantitative estimate of drug-likeness (QED) is 0.714. The Bertz CT molecular complexity index is 353. The lowest BCUT2D eigenvalue weighted by Crippen LogP contribution is -2.77. The summed E-state index contributed by atoms with van der Waals surface area (Å²) in [7, 11) is 0. The van der Waals surface area contributed by atoms with Gasteiger partial charge in [0.1, 0.15) is 16.8 Å². The summed E-state index contributed by atoms with van der Waals surface area (Å²) in [5, 5.41) is 7.69. The molecule has 1 rings (SSSR count). The highest BCUT2D eigenvalue weighted by molar-refractivity contribution is 8.02. The molecule has 5 heteroatoms. The molecule has 0 amide bonds. The molecule has 0 atom stereocenters. The molecule has 1 aliphatic heterocycles. The van der Waals surface area contributed by atoms with E-state index >= 15 is 0 Å². The molecule has 0 saturated carbocycles. The van der Waals surface area contributed by atoms with E-state index < -0.39 is 0 Å². The third-order valence-electron chi connectivity index (χ3n) is 2.10. The average Bonchev–Trinajstić information content (AvgIpc) is 2.41. The van der Waals surface area contributed by atoms with Crippen LogP contribution in [0, 0.1) is 0 Å². The van der Waals surface area contributed by atoms with Crippen LogP contribution < -0.4 is 10.5 Å². The number of allylic oxidation sites excluding steroid dienone is 1. The molecular formula is C11H19N4S+. The predicted molar refractivity (Wildman–Crippen MR) is 71.5 cm³/mol. The van der Waals surface area contributed by atoms with Gasteiger partial charge in [-0.1, -0.05) is 0 Å². The summed E-state index contributed by atoms with van der Waals surface area (Å²) in [6.07, 6.45) is 7.54. The van der Waals surface area contributed by atoms with Crippen LogP contribution in [-0.4, -0.2) is 24.0 Å². The molecule has 0 aliphatic carbocycles. The number of aliphatic imine (C=N–C) groups is 2. The topological polar surface area (TPSA) is 67.3 Å². The predicted octanol–water partition coefficient (Wildman–Crippen LogP) is 0.836. The maximum absolute atomic E-state index is 5.62. The number of rotatable bonds is 4. The summed E-state index contributed by atoms with van der Waals surface area (Å²) < 4.78 is 0. The Morgan fingerprint density at radius 2 is 2.38 bits per heavy atom. The van der Waals surface area contributed by atoms with Crippen molar-refractivity contribution in [3.63, 3.8) is 0 Å². The van der Waals surface area contributed by atoms with Gasteiger partial charge in [-0.05, 0) is 38.8 Å². The van der Waals surface area contributed by atoms with Gasteiger partial charge in [0.15, 0.2) is 0 Å². The fourth-order valence-corrected chi connectivity index (χ4v) is 1.54. The van der Waals surface area contributed by atoms with Crippen molar-refractivity contribution in [3.8, 4) is 0 Å². The van der Waals surface area contributed by atoms with Gasteiger partial charge in [-0.25, -0.2) is 0 Å². The van der Waals surface area contributed by atoms with Crippen molar-refractivity contribution in [2.24, 2.45) is 15.1 Å². The number of quaternary nitrogens is 1. The van der Waals surface area contributed by atoms with Crippen molar-refractivity contribution in [1.29, 1.82) is 0 Å². The third-order valence-corrected chi connectivity index (χ3v) is 2.70. The van der Waals surface area contributed by atoms with E-state index in [9.17, 15) is 0 Å². The van der Waals surface area contributed by atoms with Crippen molar-refractivity contribution in [3.05, 3.63) is 23.4 Å². The molecule has 88 valence electrons. The van der Waals surface area contributed by atoms with Crippen LogP contribution in [0.1, 0.15) is 20.8 Å². The second-order valence-corrected chi connectivity index (χ2v) is 4.71. The van der Waals surface area contributed by atoms with Gasteiger partial charge in [0.2, 0.25) is 0 Å². The lowest BCUT2D eigenvalue weighted by atomic mass is 10.1. The molecule has 0 aromatic rings. The van der Waals surface area contributed by atoms with Crippen molar-refractivity contribution < 1.29 is 5.32 Å². The van der Waals surface area contributed by atoms with Crippen LogP contribution in [0.4, 0.5) is 0 Å². The van der Waals surface area contributed by atoms with Gasteiger partial charge in [-0.3, -0.25) is 15.1 Å². The Balaban J connectivity index is 2.88. The smallest absolute Gasteiger partial charge is 0.110 e. The second-order valence-electron chi connectivity index (χ2n) is 4.03. The number of hydrogen-bond acceptors (Lipinski definition) is 4. The van der Waals surface area contributed by atoms with Crippen LogP contribution in [0.25, 0.3) is 0 Å². The van der Waals surface area contributed by atoms with Crippen molar-refractivity contribution >= 4 is 23.9 Å². The van der Waals surface area contributed by atoms with Crippen molar-refractivity contribution in [2.75, 3.05) is 6.54 Å². The number of nitrogens with zero attached hydrogens (tertiary/aromatic N) is 2. The van der Waals surface area contributed by atoms with Crippen molar-refractivity contribution in [1.82, 2.24) is 0 Å². The zero-order chi connectivity index (χ0) is 12.0. The summed E-state index contributed by atoms with van der Waals surface area (Å²) in [4.78, 5) is 9.73. The van der Waals surface area contributed by atoms with Crippen LogP contribution >= 0.6 is 11.9 Å². The number of hydrogen-bond donors (Lipinski definition) is 2. The van der Waals surface area contributed by atoms with E-state index in [4.69, 9.17) is 5.14 Å². The maximum Gasteiger partial charge on any atom is 0.110 e. The SMILES string of the molecule is CC[NH2+]/C=C(\SN)C1=NC=CC(C)(C)N=C1. The zero-order valence-electron chi connectivity index (χ0n) is 9.97. The Morgan fingerprint density at radius 1 is 1.62 bits per heavy atom. The largest absolute Gasteiger partial charge is 0.319 e. The highest BCUT2D eigenvalue weighted by Crippen LogP contribution is 2.15. The lowest BCUT2D eigenvalue weighted by Gasteiger charge is -2.11. The van der Waals surface area contributed by atoms with E-state index in [1.807, 2.05) is 26.1 Å². The molecule has 0 spiro atoms. The Labute approximate surface area is 101 Å². The van der Waals surface area contributed by atoms with E-state index in [0.717, 1.165) is 17.2 Å². The average molecular weight is 239 g/mol. The summed E-state index contributed by atoms with van der Waals surface area (Å²) in [5.74, 6) is 0. The van der Waals surface area contributed by atoms with Crippen LogP contribution in [0.5, 0.6) is 0 Å². The first-order valence-corrected chi connectivity index (χ1v) is 6.18. The highest BCUT2D eigenvalue weighted by atomic mass is 32.2. The van der Waals surface area contributed by atoms with Gasteiger partial charge in [-0.2, -0.15) is 0 Å². The molecule has 4 N–H and O–H groups in total. The standard InChI is InChI=1S/C11H18N4S/c1-4-13-8-10(16-12)9-7-15-11(2,3)5-6-14-9/h5-8,13H,4,12H2,1-3H3/p+1/b10-8-. The van der Waals surface area contributed by atoms with Gasteiger partial charge in [-0.15, -0.1) is 0 Å². The van der Waals surface area contributed by atoms with E-state index in [1.165, 1.54) is 11.9 Å². The highest BCUT2D eigenvalue weighted by Gasteiger charge is 2.14. The lowest BCUT2D eigenvalue weighted by molar-refractivity contribution is -0.584. The zero-order valence-corrected chi connectivity index (χ0v) is 10.8. The van der Waals surface area contributed by atoms with Gasteiger partial charge >= 0.3 is 0 Å². The van der Waals surface area contributed by atoms with Gasteiger partial charge in [0.05, 0.1) is 12.1 Å². The van der Waals surface area contributed by atoms with Crippen LogP contribution in [0.3, 0.4) is 0 Å². The molecule has 0 unspecified atom stereocenters. The second kappa shape index (κ2) is 5.98. The molecule has 4 nitrogen and oxygen atoms in total. The summed E-state index contributed by atoms with van der Waals surface area (Å²) in [5.41, 5.74) is 0.628. The molecule has 0 aromatic carbocycles. The molecule has 1 aliphatic rings. The summed E-state index contributed by atoms with van der Waals surface area (Å²) in [6.45, 7) is 7.14. The Morgan fingerprint density at radius 3 is 3.00 bits per heavy atom. The minimum Gasteiger partial charge on any atom is -0.319 e. The van der Waals surface area contributed by atoms with Crippen LogP contribution in [0.2, 0.25) is 0 Å². The Kier molecular flexibility index (Phi) is 4.92. The first-order chi connectivity index (χ1) is 7.59. The van der Waals surface area contributed by atoms with Gasteiger partial charge in [0, 0.05) is 12.4 Å². The van der Waals surface area contributed by atoms with E-state index in [2.05, 4.69) is 22.2 Å². The molecule has 0 fully saturated rings. The molecule has 0 saturated heterocycles. The first kappa shape index (κ1) is 13.2. The maximum atomic E-state index is 5.62. The fourth-order valence-electron chi connectivity index (χ4n) is 1.14. The molecular weight excluding hydrogens is 220 g/mol. The monoisotopic (exact) mass is 239 g/mol. The van der Waals surface area contributed by atoms with Crippen LogP contribution in [0.15, 0.2) is 33.4 Å². The van der Waals surface area contributed by atoms with Gasteiger partial charge in [0.25, 0.3) is 0 Å². The Hall–Kier alpha value is -0.910. The molecule has 16 heavy (non-hydrogen) atoms. The minimum atomic E-state index is -0.190. The minimum absolute atomic E-state index is 0.190. The molecule has 1 heterocycles. The first-order valence-electron chi connectivity index (χ1n) is 5.30. The van der Waals surface area contributed by atoms with E-state index in [-0.39, 0.29) is 5.54 Å². The summed E-state index contributed by atoms with van der Waals surface area (Å²) in [6, 6.07) is 0. The fraction of sp³-hybridized carbons (Fsp3) is 0.455. The van der Waals surface area contributed by atoms with E-state index in [1.54, 1.807) is 12.4 Å². The number of nitrogens with two attached hydrogens (primary N) is 2.